The maximum Gasteiger partial charge on any atom is 0.317 e. The summed E-state index contributed by atoms with van der Waals surface area (Å²) in [7, 11) is -3.10. The minimum absolute atomic E-state index is 0.0986. The second-order valence-corrected chi connectivity index (χ2v) is 8.54. The van der Waals surface area contributed by atoms with Crippen molar-refractivity contribution in [3.05, 3.63) is 29.8 Å². The number of carbonyl (C=O) groups excluding carboxylic acids is 1. The van der Waals surface area contributed by atoms with Crippen LogP contribution in [0.1, 0.15) is 30.9 Å². The molecule has 0 bridgehead atoms. The molecule has 1 aromatic carbocycles. The maximum absolute atomic E-state index is 12.5. The standard InChI is InChI=1S/C16H22N2O4S/c1-23(20,21)12-8-9-18(11-12)16(19)17-14-6-4-10-22-15-7-3-2-5-13(14)15/h2-3,5,7,12,14H,4,6,8-11H2,1H3,(H,17,19)/t12-,14+/m0/s1. The second kappa shape index (κ2) is 6.39. The molecule has 2 aliphatic heterocycles. The van der Waals surface area contributed by atoms with Crippen LogP contribution in [0.3, 0.4) is 0 Å². The molecule has 2 amide bonds. The van der Waals surface area contributed by atoms with Gasteiger partial charge in [-0.25, -0.2) is 13.2 Å². The van der Waals surface area contributed by atoms with Gasteiger partial charge in [-0.2, -0.15) is 0 Å². The van der Waals surface area contributed by atoms with Crippen LogP contribution in [0.25, 0.3) is 0 Å². The lowest BCUT2D eigenvalue weighted by Gasteiger charge is -2.23. The van der Waals surface area contributed by atoms with Gasteiger partial charge < -0.3 is 15.0 Å². The number of sulfone groups is 1. The van der Waals surface area contributed by atoms with Crippen LogP contribution in [-0.2, 0) is 9.84 Å². The smallest absolute Gasteiger partial charge is 0.317 e. The summed E-state index contributed by atoms with van der Waals surface area (Å²) in [4.78, 5) is 14.1. The summed E-state index contributed by atoms with van der Waals surface area (Å²) in [5.74, 6) is 0.811. The number of fused-ring (bicyclic) bond motifs is 1. The normalized spacial score (nSPS) is 24.5. The molecule has 1 N–H and O–H groups in total. The van der Waals surface area contributed by atoms with Crippen molar-refractivity contribution < 1.29 is 17.9 Å². The van der Waals surface area contributed by atoms with E-state index in [0.29, 0.717) is 19.6 Å². The van der Waals surface area contributed by atoms with Crippen LogP contribution in [0, 0.1) is 0 Å². The van der Waals surface area contributed by atoms with E-state index >= 15 is 0 Å². The van der Waals surface area contributed by atoms with Crippen LogP contribution in [0.4, 0.5) is 4.79 Å². The number of urea groups is 1. The van der Waals surface area contributed by atoms with E-state index < -0.39 is 15.1 Å². The summed E-state index contributed by atoms with van der Waals surface area (Å²) in [6, 6.07) is 7.43. The monoisotopic (exact) mass is 338 g/mol. The lowest BCUT2D eigenvalue weighted by atomic mass is 10.0. The summed E-state index contributed by atoms with van der Waals surface area (Å²) >= 11 is 0. The Morgan fingerprint density at radius 3 is 2.83 bits per heavy atom. The number of likely N-dealkylation sites (tertiary alicyclic amines) is 1. The van der Waals surface area contributed by atoms with Gasteiger partial charge in [-0.15, -0.1) is 0 Å². The Bertz CT molecular complexity index is 689. The van der Waals surface area contributed by atoms with Gasteiger partial charge in [-0.1, -0.05) is 18.2 Å². The van der Waals surface area contributed by atoms with Crippen molar-refractivity contribution in [2.24, 2.45) is 0 Å². The lowest BCUT2D eigenvalue weighted by molar-refractivity contribution is 0.204. The molecule has 2 atom stereocenters. The van der Waals surface area contributed by atoms with Crippen molar-refractivity contribution in [1.29, 1.82) is 0 Å². The van der Waals surface area contributed by atoms with E-state index in [2.05, 4.69) is 5.32 Å². The van der Waals surface area contributed by atoms with E-state index in [4.69, 9.17) is 4.74 Å². The molecule has 0 aromatic heterocycles. The largest absolute Gasteiger partial charge is 0.493 e. The summed E-state index contributed by atoms with van der Waals surface area (Å²) < 4.78 is 29.0. The number of amides is 2. The van der Waals surface area contributed by atoms with Gasteiger partial charge >= 0.3 is 6.03 Å². The summed E-state index contributed by atoms with van der Waals surface area (Å²) in [6.45, 7) is 1.40. The predicted octanol–water partition coefficient (Wildman–Crippen LogP) is 1.73. The van der Waals surface area contributed by atoms with Crippen LogP contribution >= 0.6 is 0 Å². The second-order valence-electron chi connectivity index (χ2n) is 6.22. The Balaban J connectivity index is 1.69. The number of carbonyl (C=O) groups is 1. The molecule has 2 heterocycles. The van der Waals surface area contributed by atoms with Gasteiger partial charge in [0.25, 0.3) is 0 Å². The average Bonchev–Trinajstić information content (AvgIpc) is 2.93. The van der Waals surface area contributed by atoms with Gasteiger partial charge in [0.2, 0.25) is 0 Å². The van der Waals surface area contributed by atoms with Crippen molar-refractivity contribution in [2.45, 2.75) is 30.6 Å². The fourth-order valence-electron chi connectivity index (χ4n) is 3.18. The van der Waals surface area contributed by atoms with Crippen LogP contribution in [0.15, 0.2) is 24.3 Å². The van der Waals surface area contributed by atoms with Crippen molar-refractivity contribution in [3.8, 4) is 5.75 Å². The van der Waals surface area contributed by atoms with E-state index in [-0.39, 0.29) is 18.6 Å². The zero-order chi connectivity index (χ0) is 16.4. The quantitative estimate of drug-likeness (QED) is 0.891. The van der Waals surface area contributed by atoms with Crippen molar-refractivity contribution in [2.75, 3.05) is 26.0 Å². The molecule has 2 aliphatic rings. The molecule has 126 valence electrons. The van der Waals surface area contributed by atoms with Crippen LogP contribution in [0.2, 0.25) is 0 Å². The Morgan fingerprint density at radius 1 is 1.30 bits per heavy atom. The molecule has 0 spiro atoms. The third-order valence-electron chi connectivity index (χ3n) is 4.52. The molecule has 6 nitrogen and oxygen atoms in total. The molecule has 0 unspecified atom stereocenters. The van der Waals surface area contributed by atoms with Gasteiger partial charge in [0.1, 0.15) is 5.75 Å². The van der Waals surface area contributed by atoms with Gasteiger partial charge in [0.15, 0.2) is 9.84 Å². The molecule has 3 rings (SSSR count). The number of hydrogen-bond acceptors (Lipinski definition) is 4. The molecule has 0 aliphatic carbocycles. The van der Waals surface area contributed by atoms with Crippen molar-refractivity contribution >= 4 is 15.9 Å². The molecule has 23 heavy (non-hydrogen) atoms. The first kappa shape index (κ1) is 16.1. The van der Waals surface area contributed by atoms with E-state index in [1.165, 1.54) is 6.26 Å². The first-order valence-corrected chi connectivity index (χ1v) is 9.86. The van der Waals surface area contributed by atoms with Gasteiger partial charge in [0, 0.05) is 24.9 Å². The van der Waals surface area contributed by atoms with Crippen molar-refractivity contribution in [3.63, 3.8) is 0 Å². The highest BCUT2D eigenvalue weighted by Gasteiger charge is 2.33. The topological polar surface area (TPSA) is 75.7 Å². The Kier molecular flexibility index (Phi) is 4.48. The highest BCUT2D eigenvalue weighted by Crippen LogP contribution is 2.31. The first-order valence-electron chi connectivity index (χ1n) is 7.91. The average molecular weight is 338 g/mol. The number of hydrogen-bond donors (Lipinski definition) is 1. The Morgan fingerprint density at radius 2 is 2.09 bits per heavy atom. The molecular formula is C16H22N2O4S. The molecule has 1 saturated heterocycles. The molecule has 0 saturated carbocycles. The van der Waals surface area contributed by atoms with E-state index in [9.17, 15) is 13.2 Å². The van der Waals surface area contributed by atoms with Crippen molar-refractivity contribution in [1.82, 2.24) is 10.2 Å². The first-order chi connectivity index (χ1) is 10.9. The number of benzene rings is 1. The number of ether oxygens (including phenoxy) is 1. The fraction of sp³-hybridized carbons (Fsp3) is 0.562. The molecular weight excluding hydrogens is 316 g/mol. The molecule has 1 fully saturated rings. The number of rotatable bonds is 2. The Labute approximate surface area is 136 Å². The van der Waals surface area contributed by atoms with Gasteiger partial charge in [-0.05, 0) is 25.3 Å². The Hall–Kier alpha value is -1.76. The molecule has 0 radical (unpaired) electrons. The van der Waals surface area contributed by atoms with Gasteiger partial charge in [-0.3, -0.25) is 0 Å². The minimum Gasteiger partial charge on any atom is -0.493 e. The lowest BCUT2D eigenvalue weighted by Crippen LogP contribution is -2.41. The van der Waals surface area contributed by atoms with E-state index in [1.807, 2.05) is 24.3 Å². The zero-order valence-corrected chi connectivity index (χ0v) is 14.0. The highest BCUT2D eigenvalue weighted by atomic mass is 32.2. The summed E-state index contributed by atoms with van der Waals surface area (Å²) in [5.41, 5.74) is 0.984. The summed E-state index contributed by atoms with van der Waals surface area (Å²) in [6.07, 6.45) is 3.42. The predicted molar refractivity (Wildman–Crippen MR) is 87.3 cm³/mol. The van der Waals surface area contributed by atoms with E-state index in [1.54, 1.807) is 4.90 Å². The third kappa shape index (κ3) is 3.60. The summed E-state index contributed by atoms with van der Waals surface area (Å²) in [5, 5.41) is 2.59. The third-order valence-corrected chi connectivity index (χ3v) is 6.12. The number of nitrogens with zero attached hydrogens (tertiary/aromatic N) is 1. The zero-order valence-electron chi connectivity index (χ0n) is 13.2. The SMILES string of the molecule is CS(=O)(=O)[C@H]1CCN(C(=O)N[C@@H]2CCCOc3ccccc32)C1. The molecule has 7 heteroatoms. The number of nitrogens with one attached hydrogen (secondary N) is 1. The highest BCUT2D eigenvalue weighted by molar-refractivity contribution is 7.91. The van der Waals surface area contributed by atoms with Crippen LogP contribution in [-0.4, -0.2) is 50.6 Å². The maximum atomic E-state index is 12.5. The van der Waals surface area contributed by atoms with Gasteiger partial charge in [0.05, 0.1) is 17.9 Å². The van der Waals surface area contributed by atoms with Crippen LogP contribution < -0.4 is 10.1 Å². The molecule has 1 aromatic rings. The minimum atomic E-state index is -3.10. The number of para-hydroxylation sites is 1. The van der Waals surface area contributed by atoms with Crippen LogP contribution in [0.5, 0.6) is 5.75 Å². The fourth-order valence-corrected chi connectivity index (χ4v) is 4.16. The van der Waals surface area contributed by atoms with E-state index in [0.717, 1.165) is 24.2 Å².